The van der Waals surface area contributed by atoms with Gasteiger partial charge in [-0.05, 0) is 52.5 Å². The third-order valence-corrected chi connectivity index (χ3v) is 6.01. The monoisotopic (exact) mass is 403 g/mol. The number of nitrogens with zero attached hydrogens (tertiary/aromatic N) is 1. The van der Waals surface area contributed by atoms with Crippen LogP contribution in [-0.2, 0) is 14.3 Å². The summed E-state index contributed by atoms with van der Waals surface area (Å²) < 4.78 is 5.43. The largest absolute Gasteiger partial charge is 0.458 e. The van der Waals surface area contributed by atoms with Crippen LogP contribution in [-0.4, -0.2) is 46.7 Å². The van der Waals surface area contributed by atoms with E-state index in [1.807, 2.05) is 4.90 Å². The summed E-state index contributed by atoms with van der Waals surface area (Å²) in [6.45, 7) is 10.5. The normalized spacial score (nSPS) is 29.4. The Morgan fingerprint density at radius 2 is 2.03 bits per heavy atom. The van der Waals surface area contributed by atoms with Gasteiger partial charge in [-0.25, -0.2) is 0 Å². The van der Waals surface area contributed by atoms with Crippen molar-refractivity contribution in [2.24, 2.45) is 5.41 Å². The Bertz CT molecular complexity index is 689. The zero-order valence-electron chi connectivity index (χ0n) is 18.6. The highest BCUT2D eigenvalue weighted by Gasteiger charge is 2.56. The molecule has 0 aromatic heterocycles. The number of rotatable bonds is 8. The number of ether oxygens (including phenoxy) is 1. The number of likely N-dealkylation sites (tertiary alicyclic amines) is 1. The fourth-order valence-corrected chi connectivity index (χ4v) is 4.49. The quantitative estimate of drug-likeness (QED) is 0.484. The van der Waals surface area contributed by atoms with Gasteiger partial charge in [0, 0.05) is 25.3 Å². The molecule has 2 rings (SSSR count). The van der Waals surface area contributed by atoms with E-state index in [1.165, 1.54) is 18.1 Å². The molecule has 1 fully saturated rings. The number of esters is 1. The number of aliphatic hydroxyl groups excluding tert-OH is 1. The van der Waals surface area contributed by atoms with E-state index in [1.54, 1.807) is 12.2 Å². The van der Waals surface area contributed by atoms with Crippen molar-refractivity contribution in [3.8, 4) is 0 Å². The second-order valence-corrected chi connectivity index (χ2v) is 8.81. The first-order valence-corrected chi connectivity index (χ1v) is 10.8. The van der Waals surface area contributed by atoms with Crippen molar-refractivity contribution in [1.29, 1.82) is 0 Å². The predicted octanol–water partition coefficient (Wildman–Crippen LogP) is 4.32. The van der Waals surface area contributed by atoms with E-state index in [2.05, 4.69) is 39.8 Å². The Labute approximate surface area is 175 Å². The molecule has 162 valence electrons. The molecule has 0 aromatic carbocycles. The molecular weight excluding hydrogens is 366 g/mol. The molecule has 0 aromatic rings. The van der Waals surface area contributed by atoms with Crippen LogP contribution in [0.2, 0.25) is 0 Å². The minimum Gasteiger partial charge on any atom is -0.458 e. The molecule has 1 heterocycles. The van der Waals surface area contributed by atoms with E-state index in [0.717, 1.165) is 25.7 Å². The van der Waals surface area contributed by atoms with E-state index in [0.29, 0.717) is 13.0 Å². The van der Waals surface area contributed by atoms with Crippen molar-refractivity contribution >= 4 is 11.9 Å². The maximum atomic E-state index is 13.0. The minimum absolute atomic E-state index is 0.0766. The number of allylic oxidation sites excluding steroid dienone is 3. The summed E-state index contributed by atoms with van der Waals surface area (Å²) in [6.07, 6.45) is 11.3. The highest BCUT2D eigenvalue weighted by Crippen LogP contribution is 2.48. The molecule has 5 heteroatoms. The van der Waals surface area contributed by atoms with E-state index < -0.39 is 17.6 Å². The number of hydrogen-bond acceptors (Lipinski definition) is 4. The maximum Gasteiger partial charge on any atom is 0.303 e. The van der Waals surface area contributed by atoms with Gasteiger partial charge in [-0.2, -0.15) is 0 Å². The Morgan fingerprint density at radius 3 is 2.66 bits per heavy atom. The number of aliphatic hydroxyl groups is 1. The third-order valence-electron chi connectivity index (χ3n) is 6.01. The van der Waals surface area contributed by atoms with Crippen molar-refractivity contribution in [3.63, 3.8) is 0 Å². The molecule has 1 saturated heterocycles. The molecule has 1 N–H and O–H groups in total. The maximum absolute atomic E-state index is 13.0. The second kappa shape index (κ2) is 10.2. The molecule has 5 nitrogen and oxygen atoms in total. The van der Waals surface area contributed by atoms with Crippen LogP contribution in [0.25, 0.3) is 0 Å². The molecule has 1 aliphatic carbocycles. The second-order valence-electron chi connectivity index (χ2n) is 8.81. The van der Waals surface area contributed by atoms with Crippen LogP contribution in [0.3, 0.4) is 0 Å². The topological polar surface area (TPSA) is 66.8 Å². The molecule has 1 aliphatic heterocycles. The Kier molecular flexibility index (Phi) is 8.26. The molecule has 0 saturated carbocycles. The van der Waals surface area contributed by atoms with Crippen molar-refractivity contribution in [1.82, 2.24) is 4.90 Å². The molecule has 1 spiro atoms. The molecule has 2 unspecified atom stereocenters. The summed E-state index contributed by atoms with van der Waals surface area (Å²) in [7, 11) is 0. The fraction of sp³-hybridized carbons (Fsp3) is 0.667. The van der Waals surface area contributed by atoms with Gasteiger partial charge in [0.25, 0.3) is 0 Å². The summed E-state index contributed by atoms with van der Waals surface area (Å²) in [6, 6.07) is -0.189. The van der Waals surface area contributed by atoms with Crippen LogP contribution >= 0.6 is 0 Å². The number of hydrogen-bond donors (Lipinski definition) is 1. The van der Waals surface area contributed by atoms with Gasteiger partial charge in [-0.15, -0.1) is 0 Å². The molecule has 2 aliphatic rings. The first kappa shape index (κ1) is 23.4. The van der Waals surface area contributed by atoms with E-state index in [-0.39, 0.29) is 24.3 Å². The van der Waals surface area contributed by atoms with Gasteiger partial charge in [-0.3, -0.25) is 9.59 Å². The first-order chi connectivity index (χ1) is 13.7. The van der Waals surface area contributed by atoms with E-state index >= 15 is 0 Å². The van der Waals surface area contributed by atoms with Gasteiger partial charge in [-0.1, -0.05) is 42.7 Å². The smallest absolute Gasteiger partial charge is 0.303 e. The van der Waals surface area contributed by atoms with Crippen LogP contribution in [0.1, 0.15) is 73.1 Å². The predicted molar refractivity (Wildman–Crippen MR) is 115 cm³/mol. The summed E-state index contributed by atoms with van der Waals surface area (Å²) >= 11 is 0. The van der Waals surface area contributed by atoms with Crippen LogP contribution in [0, 0.1) is 5.41 Å². The van der Waals surface area contributed by atoms with Crippen molar-refractivity contribution in [2.75, 3.05) is 6.54 Å². The van der Waals surface area contributed by atoms with Crippen molar-refractivity contribution < 1.29 is 19.4 Å². The van der Waals surface area contributed by atoms with Gasteiger partial charge >= 0.3 is 5.97 Å². The number of unbranched alkanes of at least 4 members (excludes halogenated alkanes) is 1. The molecule has 4 atom stereocenters. The molecule has 1 amide bonds. The minimum atomic E-state index is -0.739. The fourth-order valence-electron chi connectivity index (χ4n) is 4.49. The Hall–Kier alpha value is -1.88. The van der Waals surface area contributed by atoms with Crippen molar-refractivity contribution in [2.45, 2.75) is 91.4 Å². The lowest BCUT2D eigenvalue weighted by Crippen LogP contribution is -2.49. The molecular formula is C24H37NO4. The number of carbonyl (C=O) groups excluding carboxylic acids is 2. The van der Waals surface area contributed by atoms with Gasteiger partial charge in [0.1, 0.15) is 6.10 Å². The third kappa shape index (κ3) is 5.81. The average molecular weight is 404 g/mol. The highest BCUT2D eigenvalue weighted by atomic mass is 16.5. The van der Waals surface area contributed by atoms with Gasteiger partial charge in [0.05, 0.1) is 12.1 Å². The lowest BCUT2D eigenvalue weighted by atomic mass is 9.68. The highest BCUT2D eigenvalue weighted by molar-refractivity contribution is 5.81. The molecule has 29 heavy (non-hydrogen) atoms. The van der Waals surface area contributed by atoms with Crippen LogP contribution in [0.4, 0.5) is 0 Å². The van der Waals surface area contributed by atoms with Crippen LogP contribution in [0.5, 0.6) is 0 Å². The van der Waals surface area contributed by atoms with Gasteiger partial charge in [0.2, 0.25) is 5.91 Å². The Balaban J connectivity index is 2.35. The van der Waals surface area contributed by atoms with Crippen LogP contribution < -0.4 is 0 Å². The SMILES string of the molecule is CCCCN1C(=O)CC2(C[C@H](OC(C)=O)C=CC2O)[C@H]1/C=C(\C)CCC=C(C)C. The molecule has 0 radical (unpaired) electrons. The van der Waals surface area contributed by atoms with Gasteiger partial charge < -0.3 is 14.7 Å². The van der Waals surface area contributed by atoms with Gasteiger partial charge in [0.15, 0.2) is 0 Å². The zero-order valence-corrected chi connectivity index (χ0v) is 18.6. The average Bonchev–Trinajstić information content (AvgIpc) is 2.87. The lowest BCUT2D eigenvalue weighted by molar-refractivity contribution is -0.147. The van der Waals surface area contributed by atoms with Crippen LogP contribution in [0.15, 0.2) is 35.5 Å². The summed E-state index contributed by atoms with van der Waals surface area (Å²) in [4.78, 5) is 26.4. The number of carbonyl (C=O) groups is 2. The van der Waals surface area contributed by atoms with E-state index in [9.17, 15) is 14.7 Å². The standard InChI is InChI=1S/C24H37NO4/c1-6-7-13-25-21(14-18(4)10-8-9-17(2)3)24(16-23(25)28)15-20(29-19(5)26)11-12-22(24)27/h9,11-12,14,20-22,27H,6-8,10,13,15-16H2,1-5H3/b18-14+/t20-,21-,22?,24?/m1/s1. The zero-order chi connectivity index (χ0) is 21.6. The Morgan fingerprint density at radius 1 is 1.31 bits per heavy atom. The molecule has 0 bridgehead atoms. The summed E-state index contributed by atoms with van der Waals surface area (Å²) in [5, 5.41) is 11.0. The van der Waals surface area contributed by atoms with Crippen molar-refractivity contribution in [3.05, 3.63) is 35.5 Å². The number of amides is 1. The lowest BCUT2D eigenvalue weighted by Gasteiger charge is -2.42. The first-order valence-electron chi connectivity index (χ1n) is 10.8. The summed E-state index contributed by atoms with van der Waals surface area (Å²) in [5.41, 5.74) is 1.86. The summed E-state index contributed by atoms with van der Waals surface area (Å²) in [5.74, 6) is -0.268. The van der Waals surface area contributed by atoms with E-state index in [4.69, 9.17) is 4.74 Å².